The molecule has 1 N–H and O–H groups in total. The Bertz CT molecular complexity index is 637. The third-order valence-corrected chi connectivity index (χ3v) is 5.71. The van der Waals surface area contributed by atoms with Crippen LogP contribution in [0.3, 0.4) is 0 Å². The van der Waals surface area contributed by atoms with E-state index in [4.69, 9.17) is 4.52 Å². The first-order valence-electron chi connectivity index (χ1n) is 10.4. The zero-order valence-corrected chi connectivity index (χ0v) is 16.6. The molecular weight excluding hydrogens is 344 g/mol. The van der Waals surface area contributed by atoms with Crippen molar-refractivity contribution in [2.75, 3.05) is 19.6 Å². The predicted octanol–water partition coefficient (Wildman–Crippen LogP) is 2.67. The molecule has 0 unspecified atom stereocenters. The number of carbonyl (C=O) groups is 2. The maximum Gasteiger partial charge on any atom is 0.228 e. The van der Waals surface area contributed by atoms with Crippen LogP contribution in [0.2, 0.25) is 0 Å². The third kappa shape index (κ3) is 5.53. The van der Waals surface area contributed by atoms with E-state index in [9.17, 15) is 9.59 Å². The van der Waals surface area contributed by atoms with Gasteiger partial charge in [-0.1, -0.05) is 38.3 Å². The van der Waals surface area contributed by atoms with Gasteiger partial charge in [-0.15, -0.1) is 0 Å². The van der Waals surface area contributed by atoms with Gasteiger partial charge < -0.3 is 14.7 Å². The van der Waals surface area contributed by atoms with Gasteiger partial charge in [0.2, 0.25) is 17.7 Å². The van der Waals surface area contributed by atoms with Crippen molar-refractivity contribution in [1.29, 1.82) is 0 Å². The lowest BCUT2D eigenvalue weighted by Crippen LogP contribution is -2.47. The zero-order chi connectivity index (χ0) is 19.2. The maximum absolute atomic E-state index is 12.5. The van der Waals surface area contributed by atoms with Crippen LogP contribution >= 0.6 is 0 Å². The maximum atomic E-state index is 12.5. The molecule has 1 atom stereocenters. The number of hydrogen-bond donors (Lipinski definition) is 1. The topological polar surface area (TPSA) is 88.3 Å². The largest absolute Gasteiger partial charge is 0.355 e. The first kappa shape index (κ1) is 19.8. The molecule has 1 saturated carbocycles. The Morgan fingerprint density at radius 3 is 2.74 bits per heavy atom. The van der Waals surface area contributed by atoms with E-state index in [2.05, 4.69) is 15.5 Å². The predicted molar refractivity (Wildman–Crippen MR) is 101 cm³/mol. The molecule has 2 heterocycles. The van der Waals surface area contributed by atoms with E-state index in [1.54, 1.807) is 0 Å². The second-order valence-corrected chi connectivity index (χ2v) is 8.28. The Hall–Kier alpha value is -1.92. The summed E-state index contributed by atoms with van der Waals surface area (Å²) in [5.41, 5.74) is 0. The van der Waals surface area contributed by atoms with E-state index >= 15 is 0 Å². The second-order valence-electron chi connectivity index (χ2n) is 8.28. The molecule has 0 spiro atoms. The fraction of sp³-hybridized carbons (Fsp3) is 0.800. The number of carbonyl (C=O) groups excluding carboxylic acids is 2. The number of nitrogens with zero attached hydrogens (tertiary/aromatic N) is 3. The van der Waals surface area contributed by atoms with E-state index in [-0.39, 0.29) is 23.7 Å². The standard InChI is InChI=1S/C20H32N4O3/c1-14(2)19-22-17(27-23-19)10-11-21-20(26)16-8-9-18(25)24(13-16)12-15-6-4-3-5-7-15/h14-16H,3-13H2,1-2H3,(H,21,26)/t16-/m0/s1. The van der Waals surface area contributed by atoms with E-state index in [1.165, 1.54) is 32.1 Å². The van der Waals surface area contributed by atoms with Crippen molar-refractivity contribution in [2.24, 2.45) is 11.8 Å². The van der Waals surface area contributed by atoms with Crippen LogP contribution in [0.25, 0.3) is 0 Å². The van der Waals surface area contributed by atoms with Gasteiger partial charge >= 0.3 is 0 Å². The highest BCUT2D eigenvalue weighted by molar-refractivity contribution is 5.83. The summed E-state index contributed by atoms with van der Waals surface area (Å²) in [4.78, 5) is 31.0. The Morgan fingerprint density at radius 2 is 2.04 bits per heavy atom. The highest BCUT2D eigenvalue weighted by Crippen LogP contribution is 2.27. The summed E-state index contributed by atoms with van der Waals surface area (Å²) in [5.74, 6) is 2.21. The van der Waals surface area contributed by atoms with E-state index < -0.39 is 0 Å². The summed E-state index contributed by atoms with van der Waals surface area (Å²) < 4.78 is 5.20. The van der Waals surface area contributed by atoms with Crippen LogP contribution in [0.4, 0.5) is 0 Å². The summed E-state index contributed by atoms with van der Waals surface area (Å²) in [6, 6.07) is 0. The second kappa shape index (κ2) is 9.33. The number of likely N-dealkylation sites (tertiary alicyclic amines) is 1. The summed E-state index contributed by atoms with van der Waals surface area (Å²) in [7, 11) is 0. The van der Waals surface area contributed by atoms with E-state index in [0.717, 1.165) is 6.54 Å². The Morgan fingerprint density at radius 1 is 1.26 bits per heavy atom. The fourth-order valence-electron chi connectivity index (χ4n) is 4.03. The summed E-state index contributed by atoms with van der Waals surface area (Å²) in [5, 5.41) is 6.91. The lowest BCUT2D eigenvalue weighted by molar-refractivity contribution is -0.139. The Balaban J connectivity index is 1.43. The normalized spacial score (nSPS) is 21.7. The quantitative estimate of drug-likeness (QED) is 0.790. The molecule has 1 aliphatic heterocycles. The van der Waals surface area contributed by atoms with E-state index in [1.807, 2.05) is 18.7 Å². The van der Waals surface area contributed by atoms with Gasteiger partial charge in [-0.2, -0.15) is 4.98 Å². The van der Waals surface area contributed by atoms with Crippen molar-refractivity contribution in [2.45, 2.75) is 71.1 Å². The molecule has 0 radical (unpaired) electrons. The molecule has 1 saturated heterocycles. The molecule has 1 aliphatic carbocycles. The van der Waals surface area contributed by atoms with Crippen molar-refractivity contribution in [1.82, 2.24) is 20.4 Å². The van der Waals surface area contributed by atoms with Crippen molar-refractivity contribution in [3.63, 3.8) is 0 Å². The molecule has 7 heteroatoms. The van der Waals surface area contributed by atoms with Crippen LogP contribution in [0.1, 0.15) is 76.4 Å². The Labute approximate surface area is 161 Å². The molecular formula is C20H32N4O3. The first-order chi connectivity index (χ1) is 13.0. The van der Waals surface area contributed by atoms with E-state index in [0.29, 0.717) is 50.0 Å². The van der Waals surface area contributed by atoms with Crippen molar-refractivity contribution >= 4 is 11.8 Å². The van der Waals surface area contributed by atoms with Gasteiger partial charge in [-0.3, -0.25) is 9.59 Å². The summed E-state index contributed by atoms with van der Waals surface area (Å²) >= 11 is 0. The minimum atomic E-state index is -0.111. The SMILES string of the molecule is CC(C)c1noc(CCNC(=O)[C@H]2CCC(=O)N(CC3CCCCC3)C2)n1. The fourth-order valence-corrected chi connectivity index (χ4v) is 4.03. The van der Waals surface area contributed by atoms with Gasteiger partial charge in [0.25, 0.3) is 0 Å². The molecule has 27 heavy (non-hydrogen) atoms. The zero-order valence-electron chi connectivity index (χ0n) is 16.6. The molecule has 0 aromatic carbocycles. The molecule has 7 nitrogen and oxygen atoms in total. The highest BCUT2D eigenvalue weighted by Gasteiger charge is 2.31. The minimum Gasteiger partial charge on any atom is -0.355 e. The van der Waals surface area contributed by atoms with Gasteiger partial charge in [0.1, 0.15) is 0 Å². The molecule has 1 aromatic rings. The van der Waals surface area contributed by atoms with Gasteiger partial charge in [-0.25, -0.2) is 0 Å². The van der Waals surface area contributed by atoms with Gasteiger partial charge in [0.05, 0.1) is 5.92 Å². The van der Waals surface area contributed by atoms with Gasteiger partial charge in [0, 0.05) is 38.4 Å². The smallest absolute Gasteiger partial charge is 0.228 e. The van der Waals surface area contributed by atoms with Crippen LogP contribution in [0.5, 0.6) is 0 Å². The Kier molecular flexibility index (Phi) is 6.85. The summed E-state index contributed by atoms with van der Waals surface area (Å²) in [6.45, 7) is 5.88. The number of nitrogens with one attached hydrogen (secondary N) is 1. The van der Waals surface area contributed by atoms with Crippen molar-refractivity contribution < 1.29 is 14.1 Å². The highest BCUT2D eigenvalue weighted by atomic mass is 16.5. The average Bonchev–Trinajstić information content (AvgIpc) is 3.13. The van der Waals surface area contributed by atoms with Crippen LogP contribution in [-0.2, 0) is 16.0 Å². The van der Waals surface area contributed by atoms with Gasteiger partial charge in [-0.05, 0) is 25.2 Å². The monoisotopic (exact) mass is 376 g/mol. The minimum absolute atomic E-state index is 0.0275. The number of aromatic nitrogens is 2. The van der Waals surface area contributed by atoms with Crippen molar-refractivity contribution in [3.8, 4) is 0 Å². The molecule has 150 valence electrons. The molecule has 2 amide bonds. The number of hydrogen-bond acceptors (Lipinski definition) is 5. The average molecular weight is 377 g/mol. The lowest BCUT2D eigenvalue weighted by Gasteiger charge is -2.35. The molecule has 1 aromatic heterocycles. The lowest BCUT2D eigenvalue weighted by atomic mass is 9.87. The van der Waals surface area contributed by atoms with Crippen LogP contribution < -0.4 is 5.32 Å². The number of piperidine rings is 1. The molecule has 2 aliphatic rings. The van der Waals surface area contributed by atoms with Crippen molar-refractivity contribution in [3.05, 3.63) is 11.7 Å². The summed E-state index contributed by atoms with van der Waals surface area (Å²) in [6.07, 6.45) is 7.93. The number of amides is 2. The van der Waals surface area contributed by atoms with Crippen LogP contribution in [0, 0.1) is 11.8 Å². The molecule has 2 fully saturated rings. The first-order valence-corrected chi connectivity index (χ1v) is 10.4. The van der Waals surface area contributed by atoms with Crippen LogP contribution in [0.15, 0.2) is 4.52 Å². The third-order valence-electron chi connectivity index (χ3n) is 5.71. The molecule has 0 bridgehead atoms. The molecule has 3 rings (SSSR count). The number of rotatable bonds is 7. The van der Waals surface area contributed by atoms with Gasteiger partial charge in [0.15, 0.2) is 5.82 Å². The van der Waals surface area contributed by atoms with Crippen LogP contribution in [-0.4, -0.2) is 46.5 Å².